The lowest BCUT2D eigenvalue weighted by atomic mass is 10.2. The fourth-order valence-corrected chi connectivity index (χ4v) is 4.16. The summed E-state index contributed by atoms with van der Waals surface area (Å²) in [5.74, 6) is -0.979. The molecule has 2 N–H and O–H groups in total. The van der Waals surface area contributed by atoms with Crippen LogP contribution in [0.3, 0.4) is 0 Å². The molecule has 41 heavy (non-hydrogen) atoms. The van der Waals surface area contributed by atoms with Gasteiger partial charge in [-0.1, -0.05) is 17.7 Å². The van der Waals surface area contributed by atoms with Gasteiger partial charge >= 0.3 is 6.18 Å². The number of pyridine rings is 1. The molecule has 1 aromatic carbocycles. The summed E-state index contributed by atoms with van der Waals surface area (Å²) < 4.78 is 44.6. The Hall–Kier alpha value is -4.72. The van der Waals surface area contributed by atoms with E-state index in [1.165, 1.54) is 23.0 Å². The molecule has 11 nitrogen and oxygen atoms in total. The van der Waals surface area contributed by atoms with Gasteiger partial charge in [-0.05, 0) is 38.2 Å². The van der Waals surface area contributed by atoms with Crippen LogP contribution in [0.2, 0.25) is 0 Å². The summed E-state index contributed by atoms with van der Waals surface area (Å²) in [5, 5.41) is 9.41. The summed E-state index contributed by atoms with van der Waals surface area (Å²) in [5.41, 5.74) is 2.28. The number of carbonyl (C=O) groups excluding carboxylic acids is 2. The molecule has 1 saturated heterocycles. The molecule has 0 radical (unpaired) electrons. The lowest BCUT2D eigenvalue weighted by Crippen LogP contribution is -2.47. The number of oxazole rings is 1. The fourth-order valence-electron chi connectivity index (χ4n) is 4.16. The van der Waals surface area contributed by atoms with Crippen LogP contribution in [0.1, 0.15) is 26.5 Å². The Morgan fingerprint density at radius 3 is 2.51 bits per heavy atom. The number of nitrogens with one attached hydrogen (secondary N) is 2. The van der Waals surface area contributed by atoms with E-state index in [0.29, 0.717) is 24.3 Å². The Morgan fingerprint density at radius 1 is 1.07 bits per heavy atom. The van der Waals surface area contributed by atoms with Gasteiger partial charge in [0.25, 0.3) is 11.8 Å². The van der Waals surface area contributed by atoms with E-state index in [2.05, 4.69) is 30.6 Å². The number of alkyl halides is 3. The smallest absolute Gasteiger partial charge is 0.405 e. The number of hydrogen-bond acceptors (Lipinski definition) is 8. The van der Waals surface area contributed by atoms with Crippen molar-refractivity contribution in [1.82, 2.24) is 29.5 Å². The third-order valence-electron chi connectivity index (χ3n) is 6.47. The molecule has 0 aliphatic carbocycles. The highest BCUT2D eigenvalue weighted by molar-refractivity contribution is 6.07. The number of anilines is 2. The second kappa shape index (κ2) is 11.4. The van der Waals surface area contributed by atoms with Crippen molar-refractivity contribution in [3.8, 4) is 17.1 Å². The predicted molar refractivity (Wildman–Crippen MR) is 144 cm³/mol. The number of aromatic nitrogens is 4. The van der Waals surface area contributed by atoms with E-state index in [1.54, 1.807) is 11.1 Å². The van der Waals surface area contributed by atoms with E-state index in [9.17, 15) is 22.8 Å². The van der Waals surface area contributed by atoms with Gasteiger partial charge < -0.3 is 24.9 Å². The fraction of sp³-hybridized carbons (Fsp3) is 0.296. The van der Waals surface area contributed by atoms with Crippen LogP contribution < -0.4 is 10.6 Å². The van der Waals surface area contributed by atoms with Crippen molar-refractivity contribution in [3.63, 3.8) is 0 Å². The minimum atomic E-state index is -4.41. The molecule has 1 fully saturated rings. The first kappa shape index (κ1) is 27.8. The minimum Gasteiger partial charge on any atom is -0.444 e. The SMILES string of the molecule is Cc1ccc(-n2cc(NC(=O)c3coc(-c4ccnc(NCC(F)(F)F)c4)n3)c(C(=O)N3CCN(C)CC3)n2)cc1. The zero-order chi connectivity index (χ0) is 29.1. The van der Waals surface area contributed by atoms with Crippen molar-refractivity contribution < 1.29 is 27.2 Å². The van der Waals surface area contributed by atoms with Crippen molar-refractivity contribution in [3.05, 3.63) is 72.0 Å². The molecule has 3 aromatic heterocycles. The molecule has 0 spiro atoms. The maximum absolute atomic E-state index is 13.4. The number of piperazine rings is 1. The van der Waals surface area contributed by atoms with Crippen LogP contribution in [-0.4, -0.2) is 87.3 Å². The van der Waals surface area contributed by atoms with Crippen molar-refractivity contribution in [2.45, 2.75) is 13.1 Å². The van der Waals surface area contributed by atoms with Crippen molar-refractivity contribution in [2.24, 2.45) is 0 Å². The van der Waals surface area contributed by atoms with Gasteiger partial charge in [0.05, 0.1) is 17.6 Å². The maximum atomic E-state index is 13.4. The van der Waals surface area contributed by atoms with Gasteiger partial charge in [-0.15, -0.1) is 0 Å². The van der Waals surface area contributed by atoms with E-state index < -0.39 is 18.6 Å². The monoisotopic (exact) mass is 568 g/mol. The van der Waals surface area contributed by atoms with E-state index >= 15 is 0 Å². The summed E-state index contributed by atoms with van der Waals surface area (Å²) >= 11 is 0. The lowest BCUT2D eigenvalue weighted by Gasteiger charge is -2.32. The molecule has 4 heterocycles. The molecule has 0 saturated carbocycles. The highest BCUT2D eigenvalue weighted by atomic mass is 19.4. The highest BCUT2D eigenvalue weighted by Gasteiger charge is 2.28. The van der Waals surface area contributed by atoms with Gasteiger partial charge in [-0.25, -0.2) is 14.6 Å². The predicted octanol–water partition coefficient (Wildman–Crippen LogP) is 3.84. The molecule has 214 valence electrons. The van der Waals surface area contributed by atoms with Gasteiger partial charge in [0.1, 0.15) is 18.6 Å². The first-order chi connectivity index (χ1) is 19.6. The molecule has 0 atom stereocenters. The number of nitrogens with zero attached hydrogens (tertiary/aromatic N) is 6. The Balaban J connectivity index is 1.38. The summed E-state index contributed by atoms with van der Waals surface area (Å²) in [6, 6.07) is 10.4. The topological polar surface area (TPSA) is 121 Å². The molecule has 2 amide bonds. The third-order valence-corrected chi connectivity index (χ3v) is 6.47. The Labute approximate surface area is 233 Å². The van der Waals surface area contributed by atoms with Crippen LogP contribution in [0.25, 0.3) is 17.1 Å². The van der Waals surface area contributed by atoms with Crippen molar-refractivity contribution in [2.75, 3.05) is 50.4 Å². The first-order valence-corrected chi connectivity index (χ1v) is 12.7. The van der Waals surface area contributed by atoms with E-state index in [1.807, 2.05) is 38.2 Å². The standard InChI is InChI=1S/C27H27F3N8O3/c1-17-3-5-19(6-4-17)38-14-20(23(35-38)26(40)37-11-9-36(2)10-12-37)33-24(39)21-15-41-25(34-21)18-7-8-31-22(13-18)32-16-27(28,29)30/h3-8,13-15H,9-12,16H2,1-2H3,(H,31,32)(H,33,39). The van der Waals surface area contributed by atoms with Crippen LogP contribution in [0, 0.1) is 6.92 Å². The van der Waals surface area contributed by atoms with Gasteiger partial charge in [0, 0.05) is 37.9 Å². The molecule has 14 heteroatoms. The quantitative estimate of drug-likeness (QED) is 0.345. The van der Waals surface area contributed by atoms with Gasteiger partial charge in [0.15, 0.2) is 11.4 Å². The second-order valence-corrected chi connectivity index (χ2v) is 9.66. The minimum absolute atomic E-state index is 0.0108. The van der Waals surface area contributed by atoms with E-state index in [4.69, 9.17) is 4.42 Å². The lowest BCUT2D eigenvalue weighted by molar-refractivity contribution is -0.115. The van der Waals surface area contributed by atoms with Crippen LogP contribution in [0.15, 0.2) is 59.5 Å². The molecule has 5 rings (SSSR count). The molecular formula is C27H27F3N8O3. The third kappa shape index (κ3) is 6.72. The first-order valence-electron chi connectivity index (χ1n) is 12.7. The normalized spacial score (nSPS) is 14.2. The Kier molecular flexibility index (Phi) is 7.75. The number of rotatable bonds is 7. The zero-order valence-electron chi connectivity index (χ0n) is 22.3. The van der Waals surface area contributed by atoms with Crippen LogP contribution in [0.5, 0.6) is 0 Å². The number of amides is 2. The average molecular weight is 569 g/mol. The molecule has 1 aliphatic heterocycles. The maximum Gasteiger partial charge on any atom is 0.405 e. The summed E-state index contributed by atoms with van der Waals surface area (Å²) in [6.07, 6.45) is -0.425. The van der Waals surface area contributed by atoms with E-state index in [0.717, 1.165) is 24.9 Å². The van der Waals surface area contributed by atoms with Crippen molar-refractivity contribution >= 4 is 23.3 Å². The molecule has 1 aliphatic rings. The van der Waals surface area contributed by atoms with Crippen LogP contribution in [-0.2, 0) is 0 Å². The number of halogens is 3. The second-order valence-electron chi connectivity index (χ2n) is 9.66. The number of benzene rings is 1. The molecule has 0 unspecified atom stereocenters. The van der Waals surface area contributed by atoms with Crippen molar-refractivity contribution in [1.29, 1.82) is 0 Å². The van der Waals surface area contributed by atoms with Gasteiger partial charge in [0.2, 0.25) is 5.89 Å². The largest absolute Gasteiger partial charge is 0.444 e. The number of likely N-dealkylation sites (N-methyl/N-ethyl adjacent to an activating group) is 1. The average Bonchev–Trinajstić information content (AvgIpc) is 3.60. The van der Waals surface area contributed by atoms with E-state index in [-0.39, 0.29) is 34.7 Å². The van der Waals surface area contributed by atoms with Gasteiger partial charge in [-0.3, -0.25) is 9.59 Å². The molecule has 0 bridgehead atoms. The zero-order valence-corrected chi connectivity index (χ0v) is 22.3. The molecule has 4 aromatic rings. The van der Waals surface area contributed by atoms with Crippen LogP contribution >= 0.6 is 0 Å². The van der Waals surface area contributed by atoms with Gasteiger partial charge in [-0.2, -0.15) is 18.3 Å². The summed E-state index contributed by atoms with van der Waals surface area (Å²) in [6.45, 7) is 3.19. The summed E-state index contributed by atoms with van der Waals surface area (Å²) in [4.78, 5) is 38.5. The van der Waals surface area contributed by atoms with Crippen LogP contribution in [0.4, 0.5) is 24.7 Å². The highest BCUT2D eigenvalue weighted by Crippen LogP contribution is 2.24. The number of carbonyl (C=O) groups is 2. The summed E-state index contributed by atoms with van der Waals surface area (Å²) in [7, 11) is 1.98. The Bertz CT molecular complexity index is 1540. The Morgan fingerprint density at radius 2 is 1.80 bits per heavy atom. The molecular weight excluding hydrogens is 541 g/mol. The number of hydrogen-bond donors (Lipinski definition) is 2. The number of aryl methyl sites for hydroxylation is 1.